The molecule has 4 nitrogen and oxygen atoms in total. The average molecular weight is 385 g/mol. The molecule has 0 saturated carbocycles. The Bertz CT molecular complexity index is 672. The lowest BCUT2D eigenvalue weighted by Crippen LogP contribution is -1.98. The van der Waals surface area contributed by atoms with E-state index in [0.717, 1.165) is 12.8 Å². The Morgan fingerprint density at radius 1 is 0.929 bits per heavy atom. The minimum absolute atomic E-state index is 0.00572. The van der Waals surface area contributed by atoms with Crippen molar-refractivity contribution in [2.45, 2.75) is 96.8 Å². The first-order valence-electron chi connectivity index (χ1n) is 11.2. The zero-order valence-electron chi connectivity index (χ0n) is 17.5. The highest BCUT2D eigenvalue weighted by Crippen LogP contribution is 2.16. The van der Waals surface area contributed by atoms with Gasteiger partial charge in [-0.2, -0.15) is 0 Å². The van der Waals surface area contributed by atoms with E-state index < -0.39 is 0 Å². The highest BCUT2D eigenvalue weighted by atomic mass is 16.4. The first-order chi connectivity index (χ1) is 13.8. The number of hydrogen-bond donors (Lipinski definition) is 0. The third-order valence-electron chi connectivity index (χ3n) is 5.10. The van der Waals surface area contributed by atoms with E-state index in [9.17, 15) is 4.79 Å². The number of rotatable bonds is 16. The van der Waals surface area contributed by atoms with Crippen molar-refractivity contribution in [1.82, 2.24) is 9.97 Å². The van der Waals surface area contributed by atoms with Crippen molar-refractivity contribution < 1.29 is 9.21 Å². The third kappa shape index (κ3) is 8.81. The Morgan fingerprint density at radius 3 is 2.25 bits per heavy atom. The van der Waals surface area contributed by atoms with Crippen LogP contribution in [0, 0.1) is 0 Å². The quantitative estimate of drug-likeness (QED) is 0.171. The zero-order chi connectivity index (χ0) is 19.9. The molecule has 0 spiro atoms. The second kappa shape index (κ2) is 14.1. The van der Waals surface area contributed by atoms with Crippen molar-refractivity contribution in [3.8, 4) is 0 Å². The Morgan fingerprint density at radius 2 is 1.57 bits per heavy atom. The number of unbranched alkanes of at least 4 members (excludes halogenated alkanes) is 11. The number of pyridine rings is 1. The van der Waals surface area contributed by atoms with Gasteiger partial charge in [0.1, 0.15) is 5.52 Å². The summed E-state index contributed by atoms with van der Waals surface area (Å²) in [5.41, 5.74) is 1.28. The molecule has 2 heterocycles. The standard InChI is InChI=1S/C24H36N2O2/c1-2-3-4-5-6-7-8-9-10-11-12-13-14-15-16-17-22(27)24-26-21-18-19-25-20-23(21)28-24/h9-10,18-20H,2-8,11-17H2,1H3/b10-9-. The third-order valence-corrected chi connectivity index (χ3v) is 5.10. The molecule has 0 amide bonds. The first kappa shape index (κ1) is 22.3. The van der Waals surface area contributed by atoms with Gasteiger partial charge in [0.25, 0.3) is 5.89 Å². The summed E-state index contributed by atoms with van der Waals surface area (Å²) in [4.78, 5) is 20.4. The molecule has 0 fully saturated rings. The summed E-state index contributed by atoms with van der Waals surface area (Å²) in [6.07, 6.45) is 24.8. The van der Waals surface area contributed by atoms with E-state index in [2.05, 4.69) is 29.0 Å². The number of oxazole rings is 1. The van der Waals surface area contributed by atoms with Crippen LogP contribution in [0.15, 0.2) is 35.0 Å². The van der Waals surface area contributed by atoms with Gasteiger partial charge in [0.15, 0.2) is 5.58 Å². The van der Waals surface area contributed by atoms with Crippen LogP contribution in [0.4, 0.5) is 0 Å². The highest BCUT2D eigenvalue weighted by Gasteiger charge is 2.13. The minimum Gasteiger partial charge on any atom is -0.432 e. The maximum atomic E-state index is 12.2. The fourth-order valence-electron chi connectivity index (χ4n) is 3.36. The lowest BCUT2D eigenvalue weighted by molar-refractivity contribution is 0.0947. The van der Waals surface area contributed by atoms with E-state index in [1.807, 2.05) is 0 Å². The van der Waals surface area contributed by atoms with E-state index in [1.54, 1.807) is 18.5 Å². The molecule has 0 N–H and O–H groups in total. The molecular weight excluding hydrogens is 348 g/mol. The summed E-state index contributed by atoms with van der Waals surface area (Å²) in [5.74, 6) is 0.215. The highest BCUT2D eigenvalue weighted by molar-refractivity contribution is 5.93. The van der Waals surface area contributed by atoms with Gasteiger partial charge in [0.2, 0.25) is 5.78 Å². The molecule has 2 rings (SSSR count). The maximum absolute atomic E-state index is 12.2. The van der Waals surface area contributed by atoms with Crippen molar-refractivity contribution in [2.24, 2.45) is 0 Å². The summed E-state index contributed by atoms with van der Waals surface area (Å²) in [6, 6.07) is 1.76. The number of fused-ring (bicyclic) bond motifs is 1. The molecule has 0 bridgehead atoms. The van der Waals surface area contributed by atoms with Gasteiger partial charge >= 0.3 is 0 Å². The van der Waals surface area contributed by atoms with Gasteiger partial charge in [0, 0.05) is 12.6 Å². The summed E-state index contributed by atoms with van der Waals surface area (Å²) in [6.45, 7) is 2.26. The molecule has 2 aromatic rings. The average Bonchev–Trinajstić information content (AvgIpc) is 3.15. The van der Waals surface area contributed by atoms with E-state index >= 15 is 0 Å². The van der Waals surface area contributed by atoms with Crippen LogP contribution in [-0.4, -0.2) is 15.8 Å². The molecule has 2 aromatic heterocycles. The van der Waals surface area contributed by atoms with Crippen molar-refractivity contribution >= 4 is 16.9 Å². The monoisotopic (exact) mass is 384 g/mol. The number of aromatic nitrogens is 2. The van der Waals surface area contributed by atoms with Gasteiger partial charge < -0.3 is 4.42 Å². The van der Waals surface area contributed by atoms with Gasteiger partial charge in [0.05, 0.1) is 6.20 Å². The van der Waals surface area contributed by atoms with Crippen molar-refractivity contribution in [3.63, 3.8) is 0 Å². The predicted molar refractivity (Wildman–Crippen MR) is 116 cm³/mol. The van der Waals surface area contributed by atoms with Gasteiger partial charge in [-0.05, 0) is 38.2 Å². The smallest absolute Gasteiger partial charge is 0.264 e. The van der Waals surface area contributed by atoms with Gasteiger partial charge in [-0.3, -0.25) is 9.78 Å². The molecule has 0 aliphatic heterocycles. The van der Waals surface area contributed by atoms with Crippen LogP contribution in [0.1, 0.15) is 108 Å². The minimum atomic E-state index is -0.00572. The molecule has 28 heavy (non-hydrogen) atoms. The number of carbonyl (C=O) groups excluding carboxylic acids is 1. The van der Waals surface area contributed by atoms with Crippen LogP contribution >= 0.6 is 0 Å². The van der Waals surface area contributed by atoms with Crippen LogP contribution in [0.3, 0.4) is 0 Å². The lowest BCUT2D eigenvalue weighted by atomic mass is 10.1. The fourth-order valence-corrected chi connectivity index (χ4v) is 3.36. The van der Waals surface area contributed by atoms with Crippen LogP contribution < -0.4 is 0 Å². The first-order valence-corrected chi connectivity index (χ1v) is 11.2. The number of carbonyl (C=O) groups is 1. The van der Waals surface area contributed by atoms with E-state index in [0.29, 0.717) is 17.5 Å². The van der Waals surface area contributed by atoms with Gasteiger partial charge in [-0.25, -0.2) is 4.98 Å². The summed E-state index contributed by atoms with van der Waals surface area (Å²) in [7, 11) is 0. The Labute approximate surface area is 169 Å². The molecule has 0 aliphatic carbocycles. The Hall–Kier alpha value is -1.97. The SMILES string of the molecule is CCCCCCCC/C=C\CCCCCCCC(=O)c1nc2ccncc2o1. The summed E-state index contributed by atoms with van der Waals surface area (Å²) < 4.78 is 5.47. The second-order valence-electron chi connectivity index (χ2n) is 7.62. The molecule has 4 heteroatoms. The zero-order valence-corrected chi connectivity index (χ0v) is 17.5. The number of ketones is 1. The number of allylic oxidation sites excluding steroid dienone is 2. The molecule has 154 valence electrons. The molecule has 0 atom stereocenters. The van der Waals surface area contributed by atoms with E-state index in [-0.39, 0.29) is 11.7 Å². The van der Waals surface area contributed by atoms with E-state index in [4.69, 9.17) is 4.42 Å². The molecule has 0 saturated heterocycles. The van der Waals surface area contributed by atoms with Gasteiger partial charge in [-0.1, -0.05) is 70.4 Å². The van der Waals surface area contributed by atoms with Crippen molar-refractivity contribution in [2.75, 3.05) is 0 Å². The van der Waals surface area contributed by atoms with E-state index in [1.165, 1.54) is 70.6 Å². The molecule has 0 unspecified atom stereocenters. The largest absolute Gasteiger partial charge is 0.432 e. The van der Waals surface area contributed by atoms with Crippen LogP contribution in [-0.2, 0) is 0 Å². The second-order valence-corrected chi connectivity index (χ2v) is 7.62. The number of nitrogens with zero attached hydrogens (tertiary/aromatic N) is 2. The Balaban J connectivity index is 1.42. The lowest BCUT2D eigenvalue weighted by Gasteiger charge is -2.00. The van der Waals surface area contributed by atoms with Crippen LogP contribution in [0.5, 0.6) is 0 Å². The topological polar surface area (TPSA) is 56.0 Å². The molecule has 0 aromatic carbocycles. The number of Topliss-reactive ketones (excluding diaryl/α,β-unsaturated/α-hetero) is 1. The predicted octanol–water partition coefficient (Wildman–Crippen LogP) is 7.44. The van der Waals surface area contributed by atoms with Crippen LogP contribution in [0.2, 0.25) is 0 Å². The molecule has 0 aliphatic rings. The summed E-state index contributed by atoms with van der Waals surface area (Å²) >= 11 is 0. The van der Waals surface area contributed by atoms with Crippen LogP contribution in [0.25, 0.3) is 11.1 Å². The van der Waals surface area contributed by atoms with Gasteiger partial charge in [-0.15, -0.1) is 0 Å². The number of hydrogen-bond acceptors (Lipinski definition) is 4. The Kier molecular flexibility index (Phi) is 11.2. The normalized spacial score (nSPS) is 11.6. The maximum Gasteiger partial charge on any atom is 0.264 e. The summed E-state index contributed by atoms with van der Waals surface area (Å²) in [5, 5.41) is 0. The molecular formula is C24H36N2O2. The van der Waals surface area contributed by atoms with Crippen molar-refractivity contribution in [3.05, 3.63) is 36.5 Å². The van der Waals surface area contributed by atoms with Crippen molar-refractivity contribution in [1.29, 1.82) is 0 Å². The molecule has 0 radical (unpaired) electrons. The fraction of sp³-hybridized carbons (Fsp3) is 0.625.